The minimum Gasteiger partial charge on any atom is -0.496 e. The second-order valence-corrected chi connectivity index (χ2v) is 8.44. The van der Waals surface area contributed by atoms with Crippen LogP contribution in [0, 0.1) is 5.82 Å². The summed E-state index contributed by atoms with van der Waals surface area (Å²) in [6, 6.07) is 16.1. The molecule has 33 heavy (non-hydrogen) atoms. The molecule has 0 radical (unpaired) electrons. The topological polar surface area (TPSA) is 41.9 Å². The Labute approximate surface area is 195 Å². The summed E-state index contributed by atoms with van der Waals surface area (Å²) >= 11 is 7.14. The van der Waals surface area contributed by atoms with E-state index in [1.807, 2.05) is 0 Å². The zero-order chi connectivity index (χ0) is 23.8. The first-order valence-electron chi connectivity index (χ1n) is 9.54. The fraction of sp³-hybridized carbons (Fsp3) is 0.130. The molecule has 0 spiro atoms. The minimum atomic E-state index is -4.94. The van der Waals surface area contributed by atoms with Gasteiger partial charge in [-0.05, 0) is 30.3 Å². The van der Waals surface area contributed by atoms with Crippen LogP contribution in [0.25, 0.3) is 0 Å². The van der Waals surface area contributed by atoms with Crippen molar-refractivity contribution in [2.45, 2.75) is 11.6 Å². The quantitative estimate of drug-likeness (QED) is 0.376. The van der Waals surface area contributed by atoms with Gasteiger partial charge in [-0.25, -0.2) is 9.40 Å². The Bertz CT molecular complexity index is 1230. The van der Waals surface area contributed by atoms with Gasteiger partial charge in [-0.1, -0.05) is 59.8 Å². The lowest BCUT2D eigenvalue weighted by molar-refractivity contribution is -0.140. The Morgan fingerprint density at radius 1 is 1.06 bits per heavy atom. The predicted molar refractivity (Wildman–Crippen MR) is 119 cm³/mol. The van der Waals surface area contributed by atoms with Crippen LogP contribution in [-0.2, 0) is 6.18 Å². The molecule has 0 saturated carbocycles. The van der Waals surface area contributed by atoms with Crippen molar-refractivity contribution in [3.63, 3.8) is 0 Å². The number of amides is 1. The van der Waals surface area contributed by atoms with Gasteiger partial charge >= 0.3 is 6.18 Å². The molecule has 1 aliphatic rings. The minimum absolute atomic E-state index is 0.420. The van der Waals surface area contributed by atoms with Crippen molar-refractivity contribution in [1.82, 2.24) is 5.01 Å². The van der Waals surface area contributed by atoms with Gasteiger partial charge in [-0.15, -0.1) is 0 Å². The average molecular weight is 495 g/mol. The van der Waals surface area contributed by atoms with Gasteiger partial charge in [0.05, 0.1) is 18.2 Å². The largest absolute Gasteiger partial charge is 0.496 e. The van der Waals surface area contributed by atoms with E-state index in [-0.39, 0.29) is 0 Å². The molecule has 0 bridgehead atoms. The van der Waals surface area contributed by atoms with E-state index in [9.17, 15) is 22.4 Å². The molecule has 4 nitrogen and oxygen atoms in total. The molecule has 0 N–H and O–H groups in total. The number of nitrogens with zero attached hydrogens (tertiary/aromatic N) is 2. The number of hydrogen-bond acceptors (Lipinski definition) is 4. The smallest absolute Gasteiger partial charge is 0.419 e. The summed E-state index contributed by atoms with van der Waals surface area (Å²) in [5.41, 5.74) is -1.05. The summed E-state index contributed by atoms with van der Waals surface area (Å²) < 4.78 is 59.7. The summed E-state index contributed by atoms with van der Waals surface area (Å²) in [5, 5.41) is 5.45. The van der Waals surface area contributed by atoms with E-state index in [0.717, 1.165) is 17.1 Å². The number of hydrogen-bond donors (Lipinski definition) is 0. The summed E-state index contributed by atoms with van der Waals surface area (Å²) in [7, 11) is 1.46. The van der Waals surface area contributed by atoms with Crippen LogP contribution in [0.1, 0.15) is 32.4 Å². The molecule has 4 rings (SSSR count). The lowest BCUT2D eigenvalue weighted by Crippen LogP contribution is -2.28. The molecule has 1 heterocycles. The molecule has 0 saturated heterocycles. The van der Waals surface area contributed by atoms with Gasteiger partial charge in [0.1, 0.15) is 22.0 Å². The summed E-state index contributed by atoms with van der Waals surface area (Å²) in [6.45, 7) is 0. The van der Waals surface area contributed by atoms with E-state index in [0.29, 0.717) is 33.0 Å². The first kappa shape index (κ1) is 23.1. The Balaban J connectivity index is 1.81. The number of para-hydroxylation sites is 1. The molecular weight excluding hydrogens is 480 g/mol. The van der Waals surface area contributed by atoms with Crippen LogP contribution < -0.4 is 4.74 Å². The third kappa shape index (κ3) is 4.56. The maximum Gasteiger partial charge on any atom is 0.419 e. The fourth-order valence-electron chi connectivity index (χ4n) is 3.30. The van der Waals surface area contributed by atoms with E-state index in [1.54, 1.807) is 48.5 Å². The van der Waals surface area contributed by atoms with E-state index in [2.05, 4.69) is 5.10 Å². The molecule has 1 unspecified atom stereocenters. The second kappa shape index (κ2) is 9.07. The molecule has 0 aromatic heterocycles. The van der Waals surface area contributed by atoms with Crippen LogP contribution in [0.4, 0.5) is 17.6 Å². The maximum atomic E-state index is 14.7. The molecule has 10 heteroatoms. The van der Waals surface area contributed by atoms with Crippen LogP contribution in [0.3, 0.4) is 0 Å². The third-order valence-corrected chi connectivity index (χ3v) is 6.35. The van der Waals surface area contributed by atoms with Gasteiger partial charge in [0, 0.05) is 16.1 Å². The Morgan fingerprint density at radius 3 is 2.42 bits per heavy atom. The molecule has 0 fully saturated rings. The van der Waals surface area contributed by atoms with Crippen LogP contribution >= 0.6 is 23.4 Å². The van der Waals surface area contributed by atoms with Crippen LogP contribution in [-0.4, -0.2) is 23.1 Å². The number of ether oxygens (including phenoxy) is 1. The summed E-state index contributed by atoms with van der Waals surface area (Å²) in [6.07, 6.45) is -4.94. The number of halogens is 5. The fourth-order valence-corrected chi connectivity index (χ4v) is 4.61. The first-order valence-corrected chi connectivity index (χ1v) is 10.8. The van der Waals surface area contributed by atoms with Gasteiger partial charge in [-0.3, -0.25) is 4.79 Å². The lowest BCUT2D eigenvalue weighted by Gasteiger charge is -2.23. The number of hydrazone groups is 1. The van der Waals surface area contributed by atoms with E-state index in [1.165, 1.54) is 18.9 Å². The molecule has 3 aromatic rings. The molecule has 170 valence electrons. The number of benzene rings is 3. The van der Waals surface area contributed by atoms with Crippen molar-refractivity contribution in [2.75, 3.05) is 7.11 Å². The van der Waals surface area contributed by atoms with Gasteiger partial charge in [0.25, 0.3) is 5.91 Å². The highest BCUT2D eigenvalue weighted by Crippen LogP contribution is 2.45. The first-order chi connectivity index (χ1) is 15.7. The highest BCUT2D eigenvalue weighted by molar-refractivity contribution is 8.14. The lowest BCUT2D eigenvalue weighted by atomic mass is 10.1. The molecule has 1 amide bonds. The number of alkyl halides is 3. The second-order valence-electron chi connectivity index (χ2n) is 6.94. The average Bonchev–Trinajstić information content (AvgIpc) is 3.23. The number of carbonyl (C=O) groups excluding carboxylic acids is 1. The molecule has 1 atom stereocenters. The molecule has 1 aliphatic heterocycles. The van der Waals surface area contributed by atoms with E-state index >= 15 is 0 Å². The Hall–Kier alpha value is -3.04. The van der Waals surface area contributed by atoms with E-state index in [4.69, 9.17) is 16.3 Å². The van der Waals surface area contributed by atoms with Crippen molar-refractivity contribution < 1.29 is 27.1 Å². The van der Waals surface area contributed by atoms with Crippen molar-refractivity contribution in [2.24, 2.45) is 5.10 Å². The molecule has 0 aliphatic carbocycles. The van der Waals surface area contributed by atoms with Crippen molar-refractivity contribution in [3.05, 3.63) is 99.8 Å². The van der Waals surface area contributed by atoms with E-state index < -0.39 is 34.4 Å². The van der Waals surface area contributed by atoms with Crippen LogP contribution in [0.2, 0.25) is 5.02 Å². The zero-order valence-corrected chi connectivity index (χ0v) is 18.5. The standard InChI is InChI=1S/C23H15ClF4N2O2S/c1-32-18-8-3-2-5-15(18)22-30(29-20(33-22)13-9-11-14(24)12-10-13)21(31)16-6-4-7-17(19(16)25)23(26,27)28/h2-12,22H,1H3. The number of carbonyl (C=O) groups is 1. The SMILES string of the molecule is COc1ccccc1C1SC(c2ccc(Cl)cc2)=NN1C(=O)c1cccc(C(F)(F)F)c1F. The number of rotatable bonds is 4. The summed E-state index contributed by atoms with van der Waals surface area (Å²) in [4.78, 5) is 13.3. The Morgan fingerprint density at radius 2 is 1.76 bits per heavy atom. The normalized spacial score (nSPS) is 16.0. The van der Waals surface area contributed by atoms with Crippen molar-refractivity contribution in [3.8, 4) is 5.75 Å². The highest BCUT2D eigenvalue weighted by atomic mass is 35.5. The van der Waals surface area contributed by atoms with Crippen molar-refractivity contribution in [1.29, 1.82) is 0 Å². The predicted octanol–water partition coefficient (Wildman–Crippen LogP) is 6.76. The third-order valence-electron chi connectivity index (χ3n) is 4.88. The van der Waals surface area contributed by atoms with Gasteiger partial charge < -0.3 is 4.74 Å². The molecule has 3 aromatic carbocycles. The van der Waals surface area contributed by atoms with Crippen LogP contribution in [0.5, 0.6) is 5.75 Å². The van der Waals surface area contributed by atoms with Gasteiger partial charge in [0.2, 0.25) is 0 Å². The van der Waals surface area contributed by atoms with Crippen LogP contribution in [0.15, 0.2) is 71.8 Å². The molecular formula is C23H15ClF4N2O2S. The monoisotopic (exact) mass is 494 g/mol. The number of methoxy groups -OCH3 is 1. The Kier molecular flexibility index (Phi) is 6.36. The van der Waals surface area contributed by atoms with Gasteiger partial charge in [0.15, 0.2) is 0 Å². The summed E-state index contributed by atoms with van der Waals surface area (Å²) in [5.74, 6) is -2.20. The van der Waals surface area contributed by atoms with Crippen molar-refractivity contribution >= 4 is 34.3 Å². The van der Waals surface area contributed by atoms with Gasteiger partial charge in [-0.2, -0.15) is 18.3 Å². The highest BCUT2D eigenvalue weighted by Gasteiger charge is 2.40. The zero-order valence-electron chi connectivity index (χ0n) is 16.9. The number of thioether (sulfide) groups is 1. The maximum absolute atomic E-state index is 14.7.